The second-order valence-electron chi connectivity index (χ2n) is 0.745. The highest BCUT2D eigenvalue weighted by Crippen LogP contribution is 2.05. The van der Waals surface area contributed by atoms with Gasteiger partial charge in [-0.25, -0.2) is 0 Å². The molecule has 0 saturated heterocycles. The van der Waals surface area contributed by atoms with Crippen LogP contribution in [0.2, 0.25) is 0 Å². The van der Waals surface area contributed by atoms with Crippen molar-refractivity contribution in [2.24, 2.45) is 0 Å². The van der Waals surface area contributed by atoms with E-state index >= 15 is 0 Å². The minimum absolute atomic E-state index is 0.863. The molecule has 2 nitrogen and oxygen atoms in total. The van der Waals surface area contributed by atoms with E-state index in [2.05, 4.69) is 31.9 Å². The highest BCUT2D eigenvalue weighted by molar-refractivity contribution is 9.12. The molecule has 0 aromatic heterocycles. The second-order valence-corrected chi connectivity index (χ2v) is 2.62. The monoisotopic (exact) mass is 218 g/mol. The summed E-state index contributed by atoms with van der Waals surface area (Å²) in [5.74, 6) is 0. The van der Waals surface area contributed by atoms with Crippen molar-refractivity contribution in [3.8, 4) is 0 Å². The highest BCUT2D eigenvalue weighted by Gasteiger charge is 2.04. The molecular weight excluding hydrogens is 216 g/mol. The number of aliphatic hydroxyl groups is 2. The molecule has 0 aliphatic heterocycles. The van der Waals surface area contributed by atoms with Crippen LogP contribution in [0.5, 0.6) is 0 Å². The topological polar surface area (TPSA) is 40.5 Å². The van der Waals surface area contributed by atoms with Gasteiger partial charge in [0.2, 0.25) is 0 Å². The molecule has 0 aliphatic carbocycles. The number of alkyl halides is 2. The van der Waals surface area contributed by atoms with E-state index in [0.29, 0.717) is 0 Å². The van der Waals surface area contributed by atoms with Crippen LogP contribution in [0.3, 0.4) is 0 Å². The third kappa shape index (κ3) is 3.08. The summed E-state index contributed by atoms with van der Waals surface area (Å²) in [7, 11) is 0. The molecule has 0 radical (unpaired) electrons. The van der Waals surface area contributed by atoms with Crippen LogP contribution in [0, 0.1) is 0 Å². The van der Waals surface area contributed by atoms with Gasteiger partial charge in [0.05, 0.1) is 0 Å². The Bertz CT molecular complexity index is 30.5. The van der Waals surface area contributed by atoms with E-state index in [0.717, 1.165) is 0 Å². The average molecular weight is 220 g/mol. The Morgan fingerprint density at radius 3 is 1.17 bits per heavy atom. The Morgan fingerprint density at radius 2 is 1.17 bits per heavy atom. The summed E-state index contributed by atoms with van der Waals surface area (Å²) in [6, 6.07) is 0. The Balaban J connectivity index is 2.99. The van der Waals surface area contributed by atoms with Gasteiger partial charge in [0.1, 0.15) is 10.0 Å². The number of halogens is 2. The molecule has 0 saturated carbocycles. The van der Waals surface area contributed by atoms with Crippen LogP contribution in [-0.2, 0) is 0 Å². The van der Waals surface area contributed by atoms with Gasteiger partial charge in [0.15, 0.2) is 0 Å². The lowest BCUT2D eigenvalue weighted by molar-refractivity contribution is 0.145. The largest absolute Gasteiger partial charge is 0.378 e. The number of hydrogen-bond acceptors (Lipinski definition) is 2. The fourth-order valence-electron chi connectivity index (χ4n) is 0. The van der Waals surface area contributed by atoms with Gasteiger partial charge in [0.25, 0.3) is 0 Å². The summed E-state index contributed by atoms with van der Waals surface area (Å²) >= 11 is 5.39. The predicted octanol–water partition coefficient (Wildman–Crippen LogP) is 0.413. The molecule has 0 bridgehead atoms. The molecule has 38 valence electrons. The number of hydrogen-bond donors (Lipinski definition) is 2. The van der Waals surface area contributed by atoms with E-state index in [4.69, 9.17) is 10.2 Å². The maximum Gasteiger partial charge on any atom is 0.144 e. The minimum Gasteiger partial charge on any atom is -0.378 e. The van der Waals surface area contributed by atoms with Gasteiger partial charge >= 0.3 is 0 Å². The summed E-state index contributed by atoms with van der Waals surface area (Å²) in [5.41, 5.74) is 0. The van der Waals surface area contributed by atoms with Crippen LogP contribution < -0.4 is 0 Å². The van der Waals surface area contributed by atoms with Gasteiger partial charge in [-0.1, -0.05) is 31.9 Å². The van der Waals surface area contributed by atoms with Crippen molar-refractivity contribution in [2.75, 3.05) is 0 Å². The molecule has 0 spiro atoms. The van der Waals surface area contributed by atoms with Crippen LogP contribution in [0.1, 0.15) is 0 Å². The lowest BCUT2D eigenvalue weighted by atomic mass is 10.8. The Morgan fingerprint density at radius 1 is 1.00 bits per heavy atom. The predicted molar refractivity (Wildman–Crippen MR) is 29.9 cm³/mol. The molecule has 0 amide bonds. The first-order valence-electron chi connectivity index (χ1n) is 1.29. The van der Waals surface area contributed by atoms with Gasteiger partial charge in [-0.3, -0.25) is 0 Å². The van der Waals surface area contributed by atoms with Crippen LogP contribution in [0.15, 0.2) is 0 Å². The summed E-state index contributed by atoms with van der Waals surface area (Å²) in [6.45, 7) is 0. The van der Waals surface area contributed by atoms with Gasteiger partial charge in [-0.2, -0.15) is 0 Å². The molecule has 2 atom stereocenters. The van der Waals surface area contributed by atoms with Gasteiger partial charge in [0, 0.05) is 0 Å². The molecule has 0 aromatic rings. The van der Waals surface area contributed by atoms with Crippen molar-refractivity contribution in [1.82, 2.24) is 0 Å². The van der Waals surface area contributed by atoms with E-state index in [-0.39, 0.29) is 0 Å². The van der Waals surface area contributed by atoms with Crippen LogP contribution >= 0.6 is 31.9 Å². The van der Waals surface area contributed by atoms with Crippen LogP contribution in [0.25, 0.3) is 0 Å². The lowest BCUT2D eigenvalue weighted by Gasteiger charge is -1.99. The second kappa shape index (κ2) is 2.96. The zero-order valence-electron chi connectivity index (χ0n) is 2.81. The normalized spacial score (nSPS) is 20.0. The Labute approximate surface area is 52.4 Å². The summed E-state index contributed by atoms with van der Waals surface area (Å²) in [5, 5.41) is 14.8. The molecule has 6 heavy (non-hydrogen) atoms. The van der Waals surface area contributed by atoms with Gasteiger partial charge < -0.3 is 10.2 Å². The Hall–Kier alpha value is 0.880. The fraction of sp³-hybridized carbons (Fsp3) is 1.00. The summed E-state index contributed by atoms with van der Waals surface area (Å²) in [4.78, 5) is 0. The average Bonchev–Trinajstić information content (AvgIpc) is 1.36. The first-order valence-corrected chi connectivity index (χ1v) is 3.12. The zero-order chi connectivity index (χ0) is 5.15. The number of rotatable bonds is 1. The number of aliphatic hydroxyl groups excluding tert-OH is 2. The van der Waals surface area contributed by atoms with Crippen molar-refractivity contribution >= 4 is 31.9 Å². The van der Waals surface area contributed by atoms with E-state index in [1.807, 2.05) is 0 Å². The smallest absolute Gasteiger partial charge is 0.144 e. The van der Waals surface area contributed by atoms with E-state index in [1.165, 1.54) is 0 Å². The SMILES string of the molecule is OC(Br)C(O)Br. The third-order valence-corrected chi connectivity index (χ3v) is 1.94. The molecule has 0 aromatic carbocycles. The molecule has 0 heterocycles. The lowest BCUT2D eigenvalue weighted by Crippen LogP contribution is -2.10. The highest BCUT2D eigenvalue weighted by atomic mass is 79.9. The fourth-order valence-corrected chi connectivity index (χ4v) is 0. The van der Waals surface area contributed by atoms with E-state index in [9.17, 15) is 0 Å². The molecule has 0 aliphatic rings. The van der Waals surface area contributed by atoms with Crippen molar-refractivity contribution in [2.45, 2.75) is 10.0 Å². The first-order chi connectivity index (χ1) is 2.64. The molecule has 4 heteroatoms. The third-order valence-electron chi connectivity index (χ3n) is 0.227. The van der Waals surface area contributed by atoms with Crippen LogP contribution in [-0.4, -0.2) is 20.2 Å². The minimum atomic E-state index is -0.863. The van der Waals surface area contributed by atoms with Crippen LogP contribution in [0.4, 0.5) is 0 Å². The molecular formula is C2H4Br2O2. The quantitative estimate of drug-likeness (QED) is 0.628. The molecule has 0 fully saturated rings. The zero-order valence-corrected chi connectivity index (χ0v) is 5.98. The van der Waals surface area contributed by atoms with Crippen molar-refractivity contribution in [3.05, 3.63) is 0 Å². The molecule has 2 unspecified atom stereocenters. The van der Waals surface area contributed by atoms with Crippen molar-refractivity contribution in [3.63, 3.8) is 0 Å². The van der Waals surface area contributed by atoms with E-state index < -0.39 is 10.0 Å². The van der Waals surface area contributed by atoms with E-state index in [1.54, 1.807) is 0 Å². The summed E-state index contributed by atoms with van der Waals surface area (Å²) < 4.78 is 0. The molecule has 2 N–H and O–H groups in total. The summed E-state index contributed by atoms with van der Waals surface area (Å²) in [6.07, 6.45) is 0. The van der Waals surface area contributed by atoms with Crippen molar-refractivity contribution in [1.29, 1.82) is 0 Å². The van der Waals surface area contributed by atoms with Gasteiger partial charge in [-0.05, 0) is 0 Å². The van der Waals surface area contributed by atoms with Gasteiger partial charge in [-0.15, -0.1) is 0 Å². The maximum atomic E-state index is 8.25. The molecule has 0 rings (SSSR count). The first kappa shape index (κ1) is 6.88. The maximum absolute atomic E-state index is 8.25. The Kier molecular flexibility index (Phi) is 3.39. The standard InChI is InChI=1S/C2H4Br2O2/c3-1(5)2(4)6/h1-2,5-6H. The van der Waals surface area contributed by atoms with Crippen molar-refractivity contribution < 1.29 is 10.2 Å².